The highest BCUT2D eigenvalue weighted by atomic mass is 16.5. The Morgan fingerprint density at radius 3 is 2.12 bits per heavy atom. The Balaban J connectivity index is 4.11. The molecule has 3 heteroatoms. The number of hydrogen-bond donors (Lipinski definition) is 1. The van der Waals surface area contributed by atoms with Gasteiger partial charge in [-0.1, -0.05) is 34.1 Å². The largest absolute Gasteiger partial charge is 0.380 e. The number of likely N-dealkylation sites (N-methyl/N-ethyl adjacent to an activating group) is 1. The van der Waals surface area contributed by atoms with Crippen LogP contribution in [-0.4, -0.2) is 43.3 Å². The van der Waals surface area contributed by atoms with Crippen molar-refractivity contribution in [1.29, 1.82) is 0 Å². The summed E-state index contributed by atoms with van der Waals surface area (Å²) in [5.41, 5.74) is 6.14. The lowest BCUT2D eigenvalue weighted by Gasteiger charge is -2.42. The van der Waals surface area contributed by atoms with Crippen LogP contribution in [0.1, 0.15) is 53.4 Å². The minimum Gasteiger partial charge on any atom is -0.380 e. The Morgan fingerprint density at radius 2 is 1.71 bits per heavy atom. The Labute approximate surface area is 108 Å². The molecule has 0 unspecified atom stereocenters. The smallest absolute Gasteiger partial charge is 0.0593 e. The molecule has 104 valence electrons. The first-order valence-corrected chi connectivity index (χ1v) is 7.23. The van der Waals surface area contributed by atoms with Gasteiger partial charge in [0.05, 0.1) is 6.61 Å². The van der Waals surface area contributed by atoms with E-state index in [1.54, 1.807) is 0 Å². The summed E-state index contributed by atoms with van der Waals surface area (Å²) in [4.78, 5) is 2.49. The molecule has 0 aliphatic heterocycles. The van der Waals surface area contributed by atoms with Gasteiger partial charge in [0, 0.05) is 25.2 Å². The van der Waals surface area contributed by atoms with Gasteiger partial charge >= 0.3 is 0 Å². The van der Waals surface area contributed by atoms with Crippen LogP contribution in [0.2, 0.25) is 0 Å². The molecule has 3 nitrogen and oxygen atoms in total. The van der Waals surface area contributed by atoms with Crippen LogP contribution in [0.25, 0.3) is 0 Å². The minimum absolute atomic E-state index is 0.170. The van der Waals surface area contributed by atoms with Crippen LogP contribution in [0.3, 0.4) is 0 Å². The topological polar surface area (TPSA) is 38.5 Å². The van der Waals surface area contributed by atoms with Gasteiger partial charge < -0.3 is 10.5 Å². The zero-order valence-electron chi connectivity index (χ0n) is 12.3. The number of ether oxygens (including phenoxy) is 1. The summed E-state index contributed by atoms with van der Waals surface area (Å²) in [7, 11) is 0. The molecule has 0 aromatic carbocycles. The standard InChI is InChI=1S/C14H32N2O/c1-5-9-11-17-12-10-16(8-4)14(6-2,7-3)13-15/h5-13,15H2,1-4H3. The van der Waals surface area contributed by atoms with E-state index in [-0.39, 0.29) is 5.54 Å². The summed E-state index contributed by atoms with van der Waals surface area (Å²) in [6, 6.07) is 0. The van der Waals surface area contributed by atoms with E-state index in [9.17, 15) is 0 Å². The van der Waals surface area contributed by atoms with E-state index in [1.807, 2.05) is 0 Å². The fourth-order valence-electron chi connectivity index (χ4n) is 2.37. The summed E-state index contributed by atoms with van der Waals surface area (Å²) in [5.74, 6) is 0. The van der Waals surface area contributed by atoms with Gasteiger partial charge in [0.25, 0.3) is 0 Å². The van der Waals surface area contributed by atoms with Crippen molar-refractivity contribution < 1.29 is 4.74 Å². The maximum atomic E-state index is 5.97. The van der Waals surface area contributed by atoms with Gasteiger partial charge in [-0.05, 0) is 25.8 Å². The Hall–Kier alpha value is -0.120. The average molecular weight is 244 g/mol. The van der Waals surface area contributed by atoms with E-state index >= 15 is 0 Å². The molecule has 0 amide bonds. The van der Waals surface area contributed by atoms with Gasteiger partial charge in [-0.15, -0.1) is 0 Å². The summed E-state index contributed by atoms with van der Waals surface area (Å²) < 4.78 is 5.65. The Bertz CT molecular complexity index is 161. The van der Waals surface area contributed by atoms with Crippen molar-refractivity contribution in [3.63, 3.8) is 0 Å². The fraction of sp³-hybridized carbons (Fsp3) is 1.00. The molecule has 0 fully saturated rings. The fourth-order valence-corrected chi connectivity index (χ4v) is 2.37. The van der Waals surface area contributed by atoms with Crippen molar-refractivity contribution in [3.05, 3.63) is 0 Å². The molecule has 0 saturated carbocycles. The van der Waals surface area contributed by atoms with Crippen molar-refractivity contribution >= 4 is 0 Å². The monoisotopic (exact) mass is 244 g/mol. The third-order valence-electron chi connectivity index (χ3n) is 3.90. The van der Waals surface area contributed by atoms with E-state index < -0.39 is 0 Å². The number of hydrogen-bond acceptors (Lipinski definition) is 3. The maximum Gasteiger partial charge on any atom is 0.0593 e. The van der Waals surface area contributed by atoms with Gasteiger partial charge in [-0.3, -0.25) is 4.90 Å². The van der Waals surface area contributed by atoms with E-state index in [4.69, 9.17) is 10.5 Å². The van der Waals surface area contributed by atoms with Crippen LogP contribution in [0.5, 0.6) is 0 Å². The van der Waals surface area contributed by atoms with Crippen LogP contribution in [0.15, 0.2) is 0 Å². The first kappa shape index (κ1) is 16.9. The molecule has 0 saturated heterocycles. The highest BCUT2D eigenvalue weighted by molar-refractivity contribution is 4.88. The maximum absolute atomic E-state index is 5.97. The van der Waals surface area contributed by atoms with Gasteiger partial charge in [0.2, 0.25) is 0 Å². The van der Waals surface area contributed by atoms with E-state index in [0.29, 0.717) is 0 Å². The highest BCUT2D eigenvalue weighted by Crippen LogP contribution is 2.22. The summed E-state index contributed by atoms with van der Waals surface area (Å²) >= 11 is 0. The van der Waals surface area contributed by atoms with Crippen LogP contribution >= 0.6 is 0 Å². The van der Waals surface area contributed by atoms with Crippen LogP contribution < -0.4 is 5.73 Å². The molecule has 0 aliphatic rings. The van der Waals surface area contributed by atoms with Crippen molar-refractivity contribution in [2.45, 2.75) is 58.9 Å². The second kappa shape index (κ2) is 9.86. The highest BCUT2D eigenvalue weighted by Gasteiger charge is 2.30. The molecular formula is C14H32N2O. The molecule has 0 spiro atoms. The van der Waals surface area contributed by atoms with Crippen molar-refractivity contribution in [1.82, 2.24) is 4.90 Å². The van der Waals surface area contributed by atoms with Crippen molar-refractivity contribution in [2.24, 2.45) is 5.73 Å². The molecule has 0 aliphatic carbocycles. The molecular weight excluding hydrogens is 212 g/mol. The molecule has 0 aromatic rings. The number of rotatable bonds is 11. The molecule has 0 heterocycles. The normalized spacial score (nSPS) is 12.4. The lowest BCUT2D eigenvalue weighted by Crippen LogP contribution is -2.54. The first-order valence-electron chi connectivity index (χ1n) is 7.23. The number of nitrogens with two attached hydrogens (primary N) is 1. The molecule has 0 atom stereocenters. The second-order valence-electron chi connectivity index (χ2n) is 4.68. The average Bonchev–Trinajstić information content (AvgIpc) is 2.38. The molecule has 2 N–H and O–H groups in total. The Morgan fingerprint density at radius 1 is 1.06 bits per heavy atom. The van der Waals surface area contributed by atoms with Gasteiger partial charge in [0.15, 0.2) is 0 Å². The Kier molecular flexibility index (Phi) is 9.79. The summed E-state index contributed by atoms with van der Waals surface area (Å²) in [6.07, 6.45) is 4.59. The van der Waals surface area contributed by atoms with Crippen LogP contribution in [0.4, 0.5) is 0 Å². The molecule has 17 heavy (non-hydrogen) atoms. The zero-order valence-corrected chi connectivity index (χ0v) is 12.3. The second-order valence-corrected chi connectivity index (χ2v) is 4.68. The number of nitrogens with zero attached hydrogens (tertiary/aromatic N) is 1. The molecule has 0 bridgehead atoms. The van der Waals surface area contributed by atoms with Crippen LogP contribution in [-0.2, 0) is 4.74 Å². The first-order chi connectivity index (χ1) is 8.20. The third kappa shape index (κ3) is 5.36. The predicted molar refractivity (Wildman–Crippen MR) is 75.3 cm³/mol. The SMILES string of the molecule is CCCCOCCN(CC)C(CC)(CC)CN. The van der Waals surface area contributed by atoms with E-state index in [1.165, 1.54) is 6.42 Å². The minimum atomic E-state index is 0.170. The predicted octanol–water partition coefficient (Wildman–Crippen LogP) is 2.64. The van der Waals surface area contributed by atoms with Crippen molar-refractivity contribution in [3.8, 4) is 0 Å². The van der Waals surface area contributed by atoms with Crippen LogP contribution in [0, 0.1) is 0 Å². The third-order valence-corrected chi connectivity index (χ3v) is 3.90. The molecule has 0 rings (SSSR count). The molecule has 0 aromatic heterocycles. The van der Waals surface area contributed by atoms with Gasteiger partial charge in [0.1, 0.15) is 0 Å². The quantitative estimate of drug-likeness (QED) is 0.568. The lowest BCUT2D eigenvalue weighted by atomic mass is 9.90. The summed E-state index contributed by atoms with van der Waals surface area (Å²) in [5, 5.41) is 0. The summed E-state index contributed by atoms with van der Waals surface area (Å²) in [6.45, 7) is 13.4. The number of unbranched alkanes of at least 4 members (excludes halogenated alkanes) is 1. The van der Waals surface area contributed by atoms with E-state index in [2.05, 4.69) is 32.6 Å². The zero-order chi connectivity index (χ0) is 13.1. The van der Waals surface area contributed by atoms with E-state index in [0.717, 1.165) is 52.1 Å². The van der Waals surface area contributed by atoms with Crippen molar-refractivity contribution in [2.75, 3.05) is 32.8 Å². The lowest BCUT2D eigenvalue weighted by molar-refractivity contribution is 0.0426. The van der Waals surface area contributed by atoms with Gasteiger partial charge in [-0.25, -0.2) is 0 Å². The molecule has 0 radical (unpaired) electrons. The van der Waals surface area contributed by atoms with Gasteiger partial charge in [-0.2, -0.15) is 0 Å².